The number of rotatable bonds is 2. The molecule has 1 fully saturated rings. The average molecular weight is 257 g/mol. The zero-order chi connectivity index (χ0) is 13.5. The van der Waals surface area contributed by atoms with Gasteiger partial charge in [0.25, 0.3) is 0 Å². The maximum absolute atomic E-state index is 11.7. The summed E-state index contributed by atoms with van der Waals surface area (Å²) in [6.45, 7) is 0.959. The highest BCUT2D eigenvalue weighted by Gasteiger charge is 2.52. The van der Waals surface area contributed by atoms with Crippen LogP contribution in [0.25, 0.3) is 0 Å². The third-order valence-corrected chi connectivity index (χ3v) is 3.13. The molecule has 1 unspecified atom stereocenters. The summed E-state index contributed by atoms with van der Waals surface area (Å²) in [6.07, 6.45) is -2.29. The zero-order valence-electron chi connectivity index (χ0n) is 9.72. The Hall–Kier alpha value is -1.48. The van der Waals surface area contributed by atoms with Gasteiger partial charge in [-0.3, -0.25) is 4.57 Å². The van der Waals surface area contributed by atoms with Crippen LogP contribution in [0.15, 0.2) is 17.1 Å². The lowest BCUT2D eigenvalue weighted by Crippen LogP contribution is -2.48. The van der Waals surface area contributed by atoms with Crippen LogP contribution in [0, 0.1) is 0 Å². The van der Waals surface area contributed by atoms with E-state index in [1.54, 1.807) is 0 Å². The molecule has 0 amide bonds. The molecule has 1 saturated heterocycles. The first-order valence-corrected chi connectivity index (χ1v) is 5.40. The number of nitrogens with two attached hydrogens (primary N) is 1. The van der Waals surface area contributed by atoms with Crippen LogP contribution in [0.1, 0.15) is 6.92 Å². The molecular weight excluding hydrogens is 242 g/mol. The van der Waals surface area contributed by atoms with E-state index in [0.29, 0.717) is 0 Å². The summed E-state index contributed by atoms with van der Waals surface area (Å²) in [5.41, 5.74) is 3.17. The highest BCUT2D eigenvalue weighted by molar-refractivity contribution is 5.24. The van der Waals surface area contributed by atoms with E-state index in [4.69, 9.17) is 15.6 Å². The maximum atomic E-state index is 11.7. The molecule has 1 aliphatic heterocycles. The van der Waals surface area contributed by atoms with E-state index < -0.39 is 36.3 Å². The van der Waals surface area contributed by atoms with Gasteiger partial charge in [-0.25, -0.2) is 4.79 Å². The quantitative estimate of drug-likeness (QED) is 0.465. The lowest BCUT2D eigenvalue weighted by molar-refractivity contribution is -0.137. The van der Waals surface area contributed by atoms with Crippen LogP contribution in [0.3, 0.4) is 0 Å². The summed E-state index contributed by atoms with van der Waals surface area (Å²) in [6, 6.07) is 1.38. The summed E-state index contributed by atoms with van der Waals surface area (Å²) in [7, 11) is 0. The molecule has 2 heterocycles. The Bertz CT molecular complexity index is 505. The van der Waals surface area contributed by atoms with Crippen molar-refractivity contribution in [2.75, 3.05) is 12.3 Å². The van der Waals surface area contributed by atoms with Gasteiger partial charge in [0.15, 0.2) is 5.72 Å². The van der Waals surface area contributed by atoms with Gasteiger partial charge in [0.05, 0.1) is 6.61 Å². The van der Waals surface area contributed by atoms with Gasteiger partial charge in [0, 0.05) is 6.20 Å². The Labute approximate surface area is 102 Å². The SMILES string of the molecule is C[C@@]1(n2ccc(N)nc2=O)O[C@H](CO)[C@H](O)C1O. The molecule has 1 aromatic rings. The van der Waals surface area contributed by atoms with Crippen LogP contribution in [-0.4, -0.2) is 49.8 Å². The summed E-state index contributed by atoms with van der Waals surface area (Å²) in [5.74, 6) is 0.0478. The fourth-order valence-electron chi connectivity index (χ4n) is 2.06. The molecule has 5 N–H and O–H groups in total. The number of aliphatic hydroxyl groups excluding tert-OH is 3. The first-order valence-electron chi connectivity index (χ1n) is 5.40. The zero-order valence-corrected chi connectivity index (χ0v) is 9.72. The normalized spacial score (nSPS) is 35.9. The molecule has 100 valence electrons. The molecule has 1 aliphatic rings. The molecule has 4 atom stereocenters. The van der Waals surface area contributed by atoms with Crippen LogP contribution in [0.5, 0.6) is 0 Å². The Morgan fingerprint density at radius 1 is 1.61 bits per heavy atom. The molecule has 2 rings (SSSR count). The summed E-state index contributed by atoms with van der Waals surface area (Å²) < 4.78 is 6.40. The van der Waals surface area contributed by atoms with Gasteiger partial charge in [-0.2, -0.15) is 4.98 Å². The largest absolute Gasteiger partial charge is 0.394 e. The predicted octanol–water partition coefficient (Wildman–Crippen LogP) is -2.39. The monoisotopic (exact) mass is 257 g/mol. The maximum Gasteiger partial charge on any atom is 0.351 e. The molecule has 0 aliphatic carbocycles. The summed E-state index contributed by atoms with van der Waals surface area (Å²) >= 11 is 0. The van der Waals surface area contributed by atoms with Gasteiger partial charge >= 0.3 is 5.69 Å². The molecule has 0 aromatic carbocycles. The number of aliphatic hydroxyl groups is 3. The van der Waals surface area contributed by atoms with Gasteiger partial charge in [-0.1, -0.05) is 0 Å². The van der Waals surface area contributed by atoms with E-state index in [0.717, 1.165) is 4.57 Å². The van der Waals surface area contributed by atoms with Crippen molar-refractivity contribution in [2.24, 2.45) is 0 Å². The second kappa shape index (κ2) is 4.32. The number of nitrogens with zero attached hydrogens (tertiary/aromatic N) is 2. The molecule has 0 bridgehead atoms. The van der Waals surface area contributed by atoms with Crippen LogP contribution in [-0.2, 0) is 10.5 Å². The van der Waals surface area contributed by atoms with Crippen LogP contribution >= 0.6 is 0 Å². The van der Waals surface area contributed by atoms with Crippen molar-refractivity contribution in [3.63, 3.8) is 0 Å². The fourth-order valence-corrected chi connectivity index (χ4v) is 2.06. The fraction of sp³-hybridized carbons (Fsp3) is 0.600. The number of hydrogen-bond donors (Lipinski definition) is 4. The number of aromatic nitrogens is 2. The Kier molecular flexibility index (Phi) is 3.11. The van der Waals surface area contributed by atoms with Crippen molar-refractivity contribution in [3.8, 4) is 0 Å². The lowest BCUT2D eigenvalue weighted by Gasteiger charge is -2.29. The minimum Gasteiger partial charge on any atom is -0.394 e. The standard InChI is InChI=1S/C10H15N3O5/c1-10(8(16)7(15)5(4-14)18-10)13-3-2-6(11)12-9(13)17/h2-3,5,7-8,14-16H,4H2,1H3,(H2,11,12,17)/t5-,7+,8?,10-/m1/s1. The second-order valence-electron chi connectivity index (χ2n) is 4.33. The molecule has 0 radical (unpaired) electrons. The first-order chi connectivity index (χ1) is 8.40. The van der Waals surface area contributed by atoms with Crippen molar-refractivity contribution in [2.45, 2.75) is 31.0 Å². The van der Waals surface area contributed by atoms with E-state index in [-0.39, 0.29) is 5.82 Å². The van der Waals surface area contributed by atoms with Crippen molar-refractivity contribution < 1.29 is 20.1 Å². The Morgan fingerprint density at radius 3 is 2.78 bits per heavy atom. The Morgan fingerprint density at radius 2 is 2.28 bits per heavy atom. The minimum atomic E-state index is -1.50. The van der Waals surface area contributed by atoms with E-state index in [9.17, 15) is 15.0 Å². The predicted molar refractivity (Wildman–Crippen MR) is 60.5 cm³/mol. The smallest absolute Gasteiger partial charge is 0.351 e. The number of nitrogen functional groups attached to an aromatic ring is 1. The van der Waals surface area contributed by atoms with Crippen LogP contribution < -0.4 is 11.4 Å². The number of anilines is 1. The van der Waals surface area contributed by atoms with Gasteiger partial charge in [0.2, 0.25) is 0 Å². The summed E-state index contributed by atoms with van der Waals surface area (Å²) in [5, 5.41) is 28.7. The lowest BCUT2D eigenvalue weighted by atomic mass is 10.0. The molecule has 0 spiro atoms. The molecule has 8 nitrogen and oxygen atoms in total. The van der Waals surface area contributed by atoms with E-state index >= 15 is 0 Å². The van der Waals surface area contributed by atoms with Crippen molar-refractivity contribution in [3.05, 3.63) is 22.7 Å². The van der Waals surface area contributed by atoms with Crippen molar-refractivity contribution in [1.82, 2.24) is 9.55 Å². The van der Waals surface area contributed by atoms with E-state index in [1.807, 2.05) is 0 Å². The van der Waals surface area contributed by atoms with Crippen LogP contribution in [0.2, 0.25) is 0 Å². The van der Waals surface area contributed by atoms with E-state index in [1.165, 1.54) is 19.2 Å². The third kappa shape index (κ3) is 1.79. The van der Waals surface area contributed by atoms with Crippen molar-refractivity contribution >= 4 is 5.82 Å². The highest BCUT2D eigenvalue weighted by Crippen LogP contribution is 2.34. The molecular formula is C10H15N3O5. The average Bonchev–Trinajstić information content (AvgIpc) is 2.54. The molecule has 0 saturated carbocycles. The second-order valence-corrected chi connectivity index (χ2v) is 4.33. The van der Waals surface area contributed by atoms with Gasteiger partial charge in [-0.15, -0.1) is 0 Å². The van der Waals surface area contributed by atoms with E-state index in [2.05, 4.69) is 4.98 Å². The summed E-state index contributed by atoms with van der Waals surface area (Å²) in [4.78, 5) is 15.2. The molecule has 18 heavy (non-hydrogen) atoms. The van der Waals surface area contributed by atoms with Gasteiger partial charge in [-0.05, 0) is 13.0 Å². The number of hydrogen-bond acceptors (Lipinski definition) is 7. The third-order valence-electron chi connectivity index (χ3n) is 3.13. The van der Waals surface area contributed by atoms with Gasteiger partial charge in [0.1, 0.15) is 24.1 Å². The number of ether oxygens (including phenoxy) is 1. The molecule has 1 aromatic heterocycles. The minimum absolute atomic E-state index is 0.0478. The van der Waals surface area contributed by atoms with Crippen molar-refractivity contribution in [1.29, 1.82) is 0 Å². The molecule has 8 heteroatoms. The highest BCUT2D eigenvalue weighted by atomic mass is 16.6. The Balaban J connectivity index is 2.46. The van der Waals surface area contributed by atoms with Crippen LogP contribution in [0.4, 0.5) is 5.82 Å². The first kappa shape index (κ1) is 13.0. The van der Waals surface area contributed by atoms with Gasteiger partial charge < -0.3 is 25.8 Å². The topological polar surface area (TPSA) is 131 Å².